The lowest BCUT2D eigenvalue weighted by molar-refractivity contribution is -0.150. The largest absolute Gasteiger partial charge is 0.461 e. The summed E-state index contributed by atoms with van der Waals surface area (Å²) >= 11 is 0. The van der Waals surface area contributed by atoms with E-state index in [1.165, 1.54) is 96.3 Å². The summed E-state index contributed by atoms with van der Waals surface area (Å²) in [5.74, 6) is -0.602. The van der Waals surface area contributed by atoms with Crippen LogP contribution in [-0.4, -0.2) is 46.9 Å². The SMILES string of the molecule is CC/C=C\C/C=C\C/C=C\C/C=C\C/C=C\CC(CC(=O)NC(CO)C(O)CCCCCCCCCCCC)OC(=O)CCCCCCC/C=C/C=C/CCCCCCCCC. The predicted octanol–water partition coefficient (Wildman–Crippen LogP) is 15.6. The van der Waals surface area contributed by atoms with Crippen LogP contribution in [0.4, 0.5) is 0 Å². The lowest BCUT2D eigenvalue weighted by atomic mass is 10.0. The molecule has 0 aromatic carbocycles. The molecule has 3 N–H and O–H groups in total. The van der Waals surface area contributed by atoms with E-state index in [0.29, 0.717) is 19.3 Å². The quantitative estimate of drug-likeness (QED) is 0.0245. The van der Waals surface area contributed by atoms with Crippen molar-refractivity contribution in [2.75, 3.05) is 6.61 Å². The number of hydrogen-bond donors (Lipinski definition) is 3. The van der Waals surface area contributed by atoms with Gasteiger partial charge in [-0.15, -0.1) is 0 Å². The van der Waals surface area contributed by atoms with E-state index in [1.54, 1.807) is 0 Å². The van der Waals surface area contributed by atoms with Gasteiger partial charge < -0.3 is 20.3 Å². The second kappa shape index (κ2) is 49.1. The van der Waals surface area contributed by atoms with Crippen molar-refractivity contribution in [3.8, 4) is 0 Å². The Balaban J connectivity index is 4.74. The molecule has 356 valence electrons. The number of amides is 1. The molecule has 0 bridgehead atoms. The normalized spacial score (nSPS) is 14.0. The molecule has 0 aliphatic rings. The maximum atomic E-state index is 13.2. The standard InChI is InChI=1S/C56H97NO5/c1-4-7-10-13-16-19-22-24-26-27-28-30-32-34-37-40-43-46-49-56(61)62-52(47-44-41-38-35-33-31-29-25-23-20-17-14-11-8-5-2)50-55(60)57-53(51-58)54(59)48-45-42-39-36-21-18-15-12-9-6-3/h8,11,17,20,25-30,33,35,41,44,52-54,58-59H,4-7,9-10,12-16,18-19,21-24,31-32,34,36-40,42-43,45-51H2,1-3H3,(H,57,60)/b11-8-,20-17-,27-26+,29-25-,30-28+,35-33-,44-41-. The second-order valence-electron chi connectivity index (χ2n) is 17.2. The van der Waals surface area contributed by atoms with Crippen LogP contribution >= 0.6 is 0 Å². The van der Waals surface area contributed by atoms with Gasteiger partial charge in [0.25, 0.3) is 0 Å². The van der Waals surface area contributed by atoms with Crippen molar-refractivity contribution in [1.82, 2.24) is 5.32 Å². The third-order valence-corrected chi connectivity index (χ3v) is 11.2. The van der Waals surface area contributed by atoms with Gasteiger partial charge in [-0.25, -0.2) is 0 Å². The molecule has 3 unspecified atom stereocenters. The van der Waals surface area contributed by atoms with Gasteiger partial charge in [-0.3, -0.25) is 9.59 Å². The molecular formula is C56H97NO5. The predicted molar refractivity (Wildman–Crippen MR) is 268 cm³/mol. The number of unbranched alkanes of at least 4 members (excludes halogenated alkanes) is 21. The van der Waals surface area contributed by atoms with Crippen LogP contribution in [0.15, 0.2) is 85.1 Å². The molecule has 3 atom stereocenters. The zero-order valence-corrected chi connectivity index (χ0v) is 40.5. The van der Waals surface area contributed by atoms with Crippen LogP contribution in [-0.2, 0) is 14.3 Å². The lowest BCUT2D eigenvalue weighted by Crippen LogP contribution is -2.46. The van der Waals surface area contributed by atoms with Crippen molar-refractivity contribution < 1.29 is 24.5 Å². The number of esters is 1. The van der Waals surface area contributed by atoms with Gasteiger partial charge in [0.1, 0.15) is 6.10 Å². The molecule has 0 fully saturated rings. The molecule has 0 aromatic rings. The third kappa shape index (κ3) is 43.7. The topological polar surface area (TPSA) is 95.9 Å². The first-order chi connectivity index (χ1) is 30.5. The zero-order valence-electron chi connectivity index (χ0n) is 40.5. The van der Waals surface area contributed by atoms with E-state index in [2.05, 4.69) is 99.0 Å². The van der Waals surface area contributed by atoms with Crippen LogP contribution in [0.5, 0.6) is 0 Å². The number of allylic oxidation sites excluding steroid dienone is 13. The Kier molecular flexibility index (Phi) is 46.7. The summed E-state index contributed by atoms with van der Waals surface area (Å²) in [4.78, 5) is 26.1. The molecule has 0 saturated heterocycles. The van der Waals surface area contributed by atoms with E-state index in [0.717, 1.165) is 89.9 Å². The van der Waals surface area contributed by atoms with Gasteiger partial charge in [0, 0.05) is 12.8 Å². The summed E-state index contributed by atoms with van der Waals surface area (Å²) in [5, 5.41) is 23.7. The number of carbonyl (C=O) groups is 2. The van der Waals surface area contributed by atoms with E-state index in [9.17, 15) is 19.8 Å². The highest BCUT2D eigenvalue weighted by atomic mass is 16.5. The number of hydrogen-bond acceptors (Lipinski definition) is 5. The summed E-state index contributed by atoms with van der Waals surface area (Å²) in [6.07, 6.45) is 63.8. The molecule has 62 heavy (non-hydrogen) atoms. The van der Waals surface area contributed by atoms with Crippen LogP contribution in [0.1, 0.15) is 233 Å². The maximum Gasteiger partial charge on any atom is 0.306 e. The fraction of sp³-hybridized carbons (Fsp3) is 0.714. The summed E-state index contributed by atoms with van der Waals surface area (Å²) in [5.41, 5.74) is 0. The molecule has 6 heteroatoms. The first kappa shape index (κ1) is 59.0. The van der Waals surface area contributed by atoms with E-state index in [-0.39, 0.29) is 24.9 Å². The van der Waals surface area contributed by atoms with Crippen LogP contribution < -0.4 is 5.32 Å². The van der Waals surface area contributed by atoms with Crippen molar-refractivity contribution in [2.45, 2.75) is 251 Å². The van der Waals surface area contributed by atoms with E-state index >= 15 is 0 Å². The Morgan fingerprint density at radius 2 is 0.935 bits per heavy atom. The first-order valence-electron chi connectivity index (χ1n) is 25.8. The first-order valence-corrected chi connectivity index (χ1v) is 25.8. The number of nitrogens with one attached hydrogen (secondary N) is 1. The number of aliphatic hydroxyl groups excluding tert-OH is 2. The number of rotatable bonds is 45. The molecule has 0 saturated carbocycles. The molecule has 0 aliphatic heterocycles. The summed E-state index contributed by atoms with van der Waals surface area (Å²) in [7, 11) is 0. The van der Waals surface area contributed by atoms with Gasteiger partial charge in [0.15, 0.2) is 0 Å². The Hall–Kier alpha value is -2.96. The molecule has 1 amide bonds. The van der Waals surface area contributed by atoms with Crippen molar-refractivity contribution in [3.63, 3.8) is 0 Å². The van der Waals surface area contributed by atoms with Crippen LogP contribution in [0.25, 0.3) is 0 Å². The van der Waals surface area contributed by atoms with Crippen LogP contribution in [0, 0.1) is 0 Å². The monoisotopic (exact) mass is 864 g/mol. The summed E-state index contributed by atoms with van der Waals surface area (Å²) < 4.78 is 5.86. The van der Waals surface area contributed by atoms with E-state index in [4.69, 9.17) is 4.74 Å². The molecule has 0 heterocycles. The highest BCUT2D eigenvalue weighted by molar-refractivity contribution is 5.77. The second-order valence-corrected chi connectivity index (χ2v) is 17.2. The minimum absolute atomic E-state index is 0.0106. The average molecular weight is 864 g/mol. The highest BCUT2D eigenvalue weighted by Gasteiger charge is 2.23. The van der Waals surface area contributed by atoms with Crippen LogP contribution in [0.2, 0.25) is 0 Å². The van der Waals surface area contributed by atoms with Crippen molar-refractivity contribution in [3.05, 3.63) is 85.1 Å². The summed E-state index contributed by atoms with van der Waals surface area (Å²) in [6.45, 7) is 6.31. The molecule has 0 radical (unpaired) electrons. The fourth-order valence-corrected chi connectivity index (χ4v) is 7.33. The molecule has 0 aromatic heterocycles. The van der Waals surface area contributed by atoms with Gasteiger partial charge in [-0.1, -0.05) is 228 Å². The van der Waals surface area contributed by atoms with E-state index < -0.39 is 18.2 Å². The van der Waals surface area contributed by atoms with Crippen molar-refractivity contribution in [1.29, 1.82) is 0 Å². The third-order valence-electron chi connectivity index (χ3n) is 11.2. The average Bonchev–Trinajstić information content (AvgIpc) is 3.26. The number of aliphatic hydroxyl groups is 2. The molecular weight excluding hydrogens is 767 g/mol. The lowest BCUT2D eigenvalue weighted by Gasteiger charge is -2.24. The maximum absolute atomic E-state index is 13.2. The molecule has 6 nitrogen and oxygen atoms in total. The zero-order chi connectivity index (χ0) is 45.2. The Morgan fingerprint density at radius 1 is 0.516 bits per heavy atom. The van der Waals surface area contributed by atoms with Gasteiger partial charge >= 0.3 is 5.97 Å². The van der Waals surface area contributed by atoms with Crippen LogP contribution in [0.3, 0.4) is 0 Å². The Labute approximate surface area is 383 Å². The van der Waals surface area contributed by atoms with Gasteiger partial charge in [0.05, 0.1) is 25.2 Å². The molecule has 0 spiro atoms. The number of ether oxygens (including phenoxy) is 1. The van der Waals surface area contributed by atoms with Gasteiger partial charge in [0.2, 0.25) is 5.91 Å². The highest BCUT2D eigenvalue weighted by Crippen LogP contribution is 2.16. The van der Waals surface area contributed by atoms with Crippen molar-refractivity contribution in [2.24, 2.45) is 0 Å². The minimum atomic E-state index is -0.817. The van der Waals surface area contributed by atoms with Gasteiger partial charge in [-0.05, 0) is 70.6 Å². The number of carbonyl (C=O) groups excluding carboxylic acids is 2. The Bertz CT molecular complexity index is 1200. The van der Waals surface area contributed by atoms with Crippen molar-refractivity contribution >= 4 is 11.9 Å². The Morgan fingerprint density at radius 3 is 1.40 bits per heavy atom. The fourth-order valence-electron chi connectivity index (χ4n) is 7.33. The molecule has 0 rings (SSSR count). The minimum Gasteiger partial charge on any atom is -0.461 e. The smallest absolute Gasteiger partial charge is 0.306 e. The summed E-state index contributed by atoms with van der Waals surface area (Å²) in [6, 6.07) is -0.738. The van der Waals surface area contributed by atoms with Gasteiger partial charge in [-0.2, -0.15) is 0 Å². The molecule has 0 aliphatic carbocycles. The van der Waals surface area contributed by atoms with E-state index in [1.807, 2.05) is 12.2 Å².